The summed E-state index contributed by atoms with van der Waals surface area (Å²) in [5.41, 5.74) is 1.66. The van der Waals surface area contributed by atoms with Gasteiger partial charge in [-0.1, -0.05) is 71.8 Å². The van der Waals surface area contributed by atoms with Crippen LogP contribution in [0.2, 0.25) is 0 Å². The first-order chi connectivity index (χ1) is 18.2. The van der Waals surface area contributed by atoms with Gasteiger partial charge in [0.15, 0.2) is 0 Å². The fourth-order valence-electron chi connectivity index (χ4n) is 3.21. The van der Waals surface area contributed by atoms with Gasteiger partial charge in [0.2, 0.25) is 0 Å². The van der Waals surface area contributed by atoms with Crippen LogP contribution >= 0.6 is 0 Å². The smallest absolute Gasteiger partial charge is 0.545 e. The Morgan fingerprint density at radius 1 is 0.487 bits per heavy atom. The Balaban J connectivity index is 0.000000267. The van der Waals surface area contributed by atoms with Gasteiger partial charge in [-0.05, 0) is 50.2 Å². The first-order valence-electron chi connectivity index (χ1n) is 11.3. The second-order valence-corrected chi connectivity index (χ2v) is 8.07. The molecule has 9 heteroatoms. The number of hydrogen-bond donors (Lipinski definition) is 0. The first-order valence-corrected chi connectivity index (χ1v) is 11.3. The van der Waals surface area contributed by atoms with Gasteiger partial charge in [-0.15, -0.1) is 0 Å². The van der Waals surface area contributed by atoms with E-state index in [-0.39, 0.29) is 71.1 Å². The molecular formula is C30H22BaO8. The number of esters is 2. The number of ether oxygens (including phenoxy) is 2. The Hall–Kier alpha value is -3.67. The molecule has 0 aliphatic heterocycles. The number of aryl methyl sites for hydroxylation is 2. The molecule has 0 saturated carbocycles. The molecular weight excluding hydrogens is 626 g/mol. The fourth-order valence-corrected chi connectivity index (χ4v) is 3.21. The Bertz CT molecular complexity index is 1350. The van der Waals surface area contributed by atoms with E-state index in [1.807, 2.05) is 13.8 Å². The number of aromatic carboxylic acids is 2. The molecule has 0 heterocycles. The van der Waals surface area contributed by atoms with Gasteiger partial charge in [-0.25, -0.2) is 9.59 Å². The number of hydrogen-bond acceptors (Lipinski definition) is 8. The van der Waals surface area contributed by atoms with Crippen LogP contribution in [0.5, 0.6) is 11.5 Å². The number of benzene rings is 4. The zero-order valence-electron chi connectivity index (χ0n) is 21.2. The molecule has 8 nitrogen and oxygen atoms in total. The van der Waals surface area contributed by atoms with Gasteiger partial charge in [-0.2, -0.15) is 0 Å². The predicted octanol–water partition coefficient (Wildman–Crippen LogP) is 2.77. The molecule has 0 aliphatic carbocycles. The third-order valence-electron chi connectivity index (χ3n) is 5.20. The minimum atomic E-state index is -1.41. The van der Waals surface area contributed by atoms with Crippen LogP contribution in [0.4, 0.5) is 0 Å². The monoisotopic (exact) mass is 648 g/mol. The number of carbonyl (C=O) groups excluding carboxylic acids is 4. The van der Waals surface area contributed by atoms with Gasteiger partial charge in [0, 0.05) is 11.1 Å². The van der Waals surface area contributed by atoms with Crippen molar-refractivity contribution in [3.05, 3.63) is 130 Å². The molecule has 0 saturated heterocycles. The molecule has 4 aromatic carbocycles. The maximum absolute atomic E-state index is 11.9. The zero-order valence-corrected chi connectivity index (χ0v) is 25.7. The predicted molar refractivity (Wildman–Crippen MR) is 140 cm³/mol. The summed E-state index contributed by atoms with van der Waals surface area (Å²) in [6.07, 6.45) is 0. The minimum Gasteiger partial charge on any atom is -0.545 e. The molecule has 0 atom stereocenters. The summed E-state index contributed by atoms with van der Waals surface area (Å²) in [6.45, 7) is 3.83. The van der Waals surface area contributed by atoms with Crippen LogP contribution in [-0.4, -0.2) is 72.8 Å². The summed E-state index contributed by atoms with van der Waals surface area (Å²) in [6, 6.07) is 25.4. The van der Waals surface area contributed by atoms with Crippen LogP contribution in [0.25, 0.3) is 0 Å². The van der Waals surface area contributed by atoms with E-state index in [0.717, 1.165) is 11.1 Å². The van der Waals surface area contributed by atoms with Crippen molar-refractivity contribution < 1.29 is 38.9 Å². The summed E-state index contributed by atoms with van der Waals surface area (Å²) >= 11 is 0. The molecule has 4 aromatic rings. The van der Waals surface area contributed by atoms with Crippen LogP contribution in [0, 0.1) is 13.8 Å². The fraction of sp³-hybridized carbons (Fsp3) is 0.0667. The summed E-state index contributed by atoms with van der Waals surface area (Å²) in [4.78, 5) is 45.6. The average molecular weight is 648 g/mol. The third kappa shape index (κ3) is 9.24. The van der Waals surface area contributed by atoms with Crippen molar-refractivity contribution in [3.8, 4) is 11.5 Å². The van der Waals surface area contributed by atoms with Crippen molar-refractivity contribution >= 4 is 72.8 Å². The first kappa shape index (κ1) is 31.5. The van der Waals surface area contributed by atoms with Gasteiger partial charge in [0.25, 0.3) is 0 Å². The maximum Gasteiger partial charge on any atom is 2.00 e. The quantitative estimate of drug-likeness (QED) is 0.177. The molecule has 4 rings (SSSR count). The van der Waals surface area contributed by atoms with Crippen molar-refractivity contribution in [2.45, 2.75) is 13.8 Å². The van der Waals surface area contributed by atoms with Gasteiger partial charge in [0.05, 0.1) is 23.1 Å². The van der Waals surface area contributed by atoms with E-state index in [4.69, 9.17) is 9.47 Å². The average Bonchev–Trinajstić information content (AvgIpc) is 2.91. The van der Waals surface area contributed by atoms with E-state index in [2.05, 4.69) is 0 Å². The molecule has 0 bridgehead atoms. The molecule has 0 aromatic heterocycles. The van der Waals surface area contributed by atoms with Crippen molar-refractivity contribution in [1.82, 2.24) is 0 Å². The van der Waals surface area contributed by atoms with Crippen LogP contribution in [0.3, 0.4) is 0 Å². The molecule has 0 N–H and O–H groups in total. The third-order valence-corrected chi connectivity index (χ3v) is 5.20. The Morgan fingerprint density at radius 3 is 1.05 bits per heavy atom. The summed E-state index contributed by atoms with van der Waals surface area (Å²) in [5, 5.41) is 21.8. The molecule has 0 unspecified atom stereocenters. The number of carboxylic acids is 2. The Morgan fingerprint density at radius 2 is 0.769 bits per heavy atom. The Labute approximate surface area is 265 Å². The normalized spacial score (nSPS) is 9.69. The molecule has 0 amide bonds. The molecule has 0 spiro atoms. The van der Waals surface area contributed by atoms with Crippen LogP contribution in [0.15, 0.2) is 97.1 Å². The van der Waals surface area contributed by atoms with Gasteiger partial charge >= 0.3 is 60.8 Å². The van der Waals surface area contributed by atoms with Crippen molar-refractivity contribution in [2.75, 3.05) is 0 Å². The largest absolute Gasteiger partial charge is 2.00 e. The maximum atomic E-state index is 11.9. The number of carboxylic acid groups (broad SMARTS) is 2. The SMILES string of the molecule is Cc1ccc(OC(=O)c2ccccc2C(=O)[O-])cc1.Cc1ccc(OC(=O)c2ccccc2C(=O)[O-])cc1.[Ba+2]. The Kier molecular flexibility index (Phi) is 12.2. The van der Waals surface area contributed by atoms with Crippen molar-refractivity contribution in [2.24, 2.45) is 0 Å². The molecule has 39 heavy (non-hydrogen) atoms. The zero-order chi connectivity index (χ0) is 27.7. The van der Waals surface area contributed by atoms with E-state index in [1.54, 1.807) is 60.7 Å². The van der Waals surface area contributed by atoms with Gasteiger partial charge in [0.1, 0.15) is 11.5 Å². The van der Waals surface area contributed by atoms with Crippen LogP contribution in [0.1, 0.15) is 52.6 Å². The topological polar surface area (TPSA) is 133 Å². The second-order valence-electron chi connectivity index (χ2n) is 8.07. The standard InChI is InChI=1S/2C15H12O4.Ba/c2*1-10-6-8-11(9-7-10)19-15(18)13-5-3-2-4-12(13)14(16)17;/h2*2-9H,1H3,(H,16,17);/q;;+2/p-2. The van der Waals surface area contributed by atoms with Crippen LogP contribution in [-0.2, 0) is 0 Å². The number of rotatable bonds is 6. The molecule has 0 aliphatic rings. The van der Waals surface area contributed by atoms with Crippen molar-refractivity contribution in [3.63, 3.8) is 0 Å². The number of carbonyl (C=O) groups is 4. The van der Waals surface area contributed by atoms with E-state index in [1.165, 1.54) is 36.4 Å². The molecule has 0 radical (unpaired) electrons. The summed E-state index contributed by atoms with van der Waals surface area (Å²) in [5.74, 6) is -3.52. The second kappa shape index (κ2) is 15.1. The minimum absolute atomic E-state index is 0. The van der Waals surface area contributed by atoms with E-state index in [0.29, 0.717) is 11.5 Å². The van der Waals surface area contributed by atoms with E-state index >= 15 is 0 Å². The summed E-state index contributed by atoms with van der Waals surface area (Å²) < 4.78 is 10.2. The molecule has 0 fully saturated rings. The summed E-state index contributed by atoms with van der Waals surface area (Å²) in [7, 11) is 0. The van der Waals surface area contributed by atoms with Crippen molar-refractivity contribution in [1.29, 1.82) is 0 Å². The van der Waals surface area contributed by atoms with E-state index < -0.39 is 23.9 Å². The van der Waals surface area contributed by atoms with Gasteiger partial charge < -0.3 is 29.3 Å². The molecule has 192 valence electrons. The van der Waals surface area contributed by atoms with Gasteiger partial charge in [-0.3, -0.25) is 0 Å². The van der Waals surface area contributed by atoms with E-state index in [9.17, 15) is 29.4 Å². The van der Waals surface area contributed by atoms with Crippen LogP contribution < -0.4 is 19.7 Å².